The van der Waals surface area contributed by atoms with Gasteiger partial charge in [0.05, 0.1) is 10.2 Å². The quantitative estimate of drug-likeness (QED) is 0.763. The number of nitrogens with one attached hydrogen (secondary N) is 1. The first-order chi connectivity index (χ1) is 9.70. The maximum absolute atomic E-state index is 11.9. The third-order valence-electron chi connectivity index (χ3n) is 2.82. The molecule has 3 nitrogen and oxygen atoms in total. The molecule has 0 spiro atoms. The number of hydrogen-bond acceptors (Lipinski definition) is 4. The molecule has 0 aliphatic rings. The summed E-state index contributed by atoms with van der Waals surface area (Å²) in [6, 6.07) is 7.55. The molecule has 1 N–H and O–H groups in total. The summed E-state index contributed by atoms with van der Waals surface area (Å²) in [5, 5.41) is 8.22. The Morgan fingerprint density at radius 2 is 2.25 bits per heavy atom. The van der Waals surface area contributed by atoms with Gasteiger partial charge in [-0.3, -0.25) is 4.79 Å². The van der Waals surface area contributed by atoms with E-state index in [1.165, 1.54) is 16.9 Å². The van der Waals surface area contributed by atoms with Gasteiger partial charge >= 0.3 is 0 Å². The fourth-order valence-electron chi connectivity index (χ4n) is 1.83. The van der Waals surface area contributed by atoms with Crippen LogP contribution in [0.25, 0.3) is 10.2 Å². The van der Waals surface area contributed by atoms with E-state index in [1.807, 2.05) is 23.6 Å². The average molecular weight is 323 g/mol. The third-order valence-corrected chi connectivity index (χ3v) is 4.72. The lowest BCUT2D eigenvalue weighted by Gasteiger charge is -1.99. The molecule has 3 rings (SSSR count). The molecule has 0 saturated carbocycles. The first-order valence-corrected chi connectivity index (χ1v) is 8.21. The molecule has 1 aromatic carbocycles. The van der Waals surface area contributed by atoms with Gasteiger partial charge < -0.3 is 5.32 Å². The summed E-state index contributed by atoms with van der Waals surface area (Å²) in [5.74, 6) is -0.0126. The molecular weight excluding hydrogens is 312 g/mol. The Balaban J connectivity index is 1.65. The number of nitrogens with zero attached hydrogens (tertiary/aromatic N) is 1. The van der Waals surface area contributed by atoms with E-state index >= 15 is 0 Å². The fourth-order valence-corrected chi connectivity index (χ4v) is 3.69. The van der Waals surface area contributed by atoms with Gasteiger partial charge in [-0.05, 0) is 47.0 Å². The van der Waals surface area contributed by atoms with Gasteiger partial charge in [-0.25, -0.2) is 4.98 Å². The van der Waals surface area contributed by atoms with Crippen LogP contribution in [0, 0.1) is 0 Å². The second-order valence-corrected chi connectivity index (χ2v) is 6.56. The first-order valence-electron chi connectivity index (χ1n) is 6.08. The summed E-state index contributed by atoms with van der Waals surface area (Å²) >= 11 is 9.02. The number of carbonyl (C=O) groups is 1. The molecule has 2 aromatic heterocycles. The summed E-state index contributed by atoms with van der Waals surface area (Å²) < 4.78 is 0.977. The number of carbonyl (C=O) groups excluding carboxylic acids is 1. The molecule has 3 aromatic rings. The number of amides is 1. The van der Waals surface area contributed by atoms with E-state index in [4.69, 9.17) is 11.6 Å². The number of hydrogen-bond donors (Lipinski definition) is 1. The number of halogens is 1. The second-order valence-electron chi connectivity index (χ2n) is 4.31. The minimum absolute atomic E-state index is 0.0126. The Hall–Kier alpha value is -1.43. The fraction of sp³-hybridized carbons (Fsp3) is 0.143. The molecule has 6 heteroatoms. The number of thiophene rings is 1. The maximum Gasteiger partial charge on any atom is 0.226 e. The highest BCUT2D eigenvalue weighted by Crippen LogP contribution is 2.28. The summed E-state index contributed by atoms with van der Waals surface area (Å²) in [6.07, 6.45) is 1.22. The van der Waals surface area contributed by atoms with Crippen molar-refractivity contribution in [3.05, 3.63) is 45.6 Å². The van der Waals surface area contributed by atoms with Crippen molar-refractivity contribution in [2.45, 2.75) is 12.8 Å². The molecule has 20 heavy (non-hydrogen) atoms. The lowest BCUT2D eigenvalue weighted by Crippen LogP contribution is -2.11. The van der Waals surface area contributed by atoms with Gasteiger partial charge in [0.1, 0.15) is 0 Å². The van der Waals surface area contributed by atoms with Crippen molar-refractivity contribution in [1.29, 1.82) is 0 Å². The van der Waals surface area contributed by atoms with Crippen LogP contribution in [0.5, 0.6) is 0 Å². The van der Waals surface area contributed by atoms with Gasteiger partial charge in [-0.2, -0.15) is 11.3 Å². The average Bonchev–Trinajstić information content (AvgIpc) is 3.04. The van der Waals surface area contributed by atoms with E-state index in [-0.39, 0.29) is 5.91 Å². The molecule has 102 valence electrons. The van der Waals surface area contributed by atoms with E-state index in [2.05, 4.69) is 15.7 Å². The smallest absolute Gasteiger partial charge is 0.226 e. The Bertz CT molecular complexity index is 737. The molecule has 0 aliphatic carbocycles. The van der Waals surface area contributed by atoms with Crippen LogP contribution in [0.3, 0.4) is 0 Å². The summed E-state index contributed by atoms with van der Waals surface area (Å²) in [5.41, 5.74) is 2.05. The second kappa shape index (κ2) is 5.91. The predicted molar refractivity (Wildman–Crippen MR) is 85.9 cm³/mol. The van der Waals surface area contributed by atoms with Crippen LogP contribution >= 0.6 is 34.3 Å². The number of thiazole rings is 1. The number of aromatic nitrogens is 1. The molecule has 1 amide bonds. The van der Waals surface area contributed by atoms with Gasteiger partial charge in [-0.1, -0.05) is 22.9 Å². The Morgan fingerprint density at radius 1 is 1.35 bits per heavy atom. The standard InChI is InChI=1S/C14H11ClN2OS2/c15-10-2-3-11-12(7-10)20-14(16-11)17-13(18)4-1-9-5-6-19-8-9/h2-3,5-8H,1,4H2,(H,16,17,18). The zero-order valence-electron chi connectivity index (χ0n) is 10.4. The van der Waals surface area contributed by atoms with Crippen LogP contribution in [-0.2, 0) is 11.2 Å². The lowest BCUT2D eigenvalue weighted by molar-refractivity contribution is -0.116. The van der Waals surface area contributed by atoms with Crippen molar-refractivity contribution in [3.63, 3.8) is 0 Å². The van der Waals surface area contributed by atoms with Gasteiger partial charge in [-0.15, -0.1) is 0 Å². The molecule has 0 aliphatic heterocycles. The topological polar surface area (TPSA) is 42.0 Å². The maximum atomic E-state index is 11.9. The zero-order valence-corrected chi connectivity index (χ0v) is 12.8. The number of benzene rings is 1. The molecule has 2 heterocycles. The first kappa shape index (κ1) is 13.5. The van der Waals surface area contributed by atoms with Crippen LogP contribution in [0.15, 0.2) is 35.0 Å². The molecule has 0 fully saturated rings. The molecular formula is C14H11ClN2OS2. The van der Waals surface area contributed by atoms with Crippen LogP contribution in [0.4, 0.5) is 5.13 Å². The summed E-state index contributed by atoms with van der Waals surface area (Å²) in [4.78, 5) is 16.3. The minimum atomic E-state index is -0.0126. The van der Waals surface area contributed by atoms with Crippen molar-refractivity contribution in [3.8, 4) is 0 Å². The van der Waals surface area contributed by atoms with E-state index < -0.39 is 0 Å². The predicted octanol–water partition coefficient (Wildman–Crippen LogP) is 4.58. The van der Waals surface area contributed by atoms with E-state index in [0.29, 0.717) is 16.6 Å². The van der Waals surface area contributed by atoms with Crippen molar-refractivity contribution in [1.82, 2.24) is 4.98 Å². The molecule has 0 radical (unpaired) electrons. The van der Waals surface area contributed by atoms with Crippen LogP contribution < -0.4 is 5.32 Å². The van der Waals surface area contributed by atoms with Gasteiger partial charge in [0.2, 0.25) is 5.91 Å². The number of rotatable bonds is 4. The van der Waals surface area contributed by atoms with Crippen LogP contribution in [0.1, 0.15) is 12.0 Å². The molecule has 0 atom stereocenters. The van der Waals surface area contributed by atoms with Crippen LogP contribution in [0.2, 0.25) is 5.02 Å². The highest BCUT2D eigenvalue weighted by Gasteiger charge is 2.08. The normalized spacial score (nSPS) is 10.8. The van der Waals surface area contributed by atoms with Crippen molar-refractivity contribution in [2.24, 2.45) is 0 Å². The highest BCUT2D eigenvalue weighted by molar-refractivity contribution is 7.22. The summed E-state index contributed by atoms with van der Waals surface area (Å²) in [6.45, 7) is 0. The number of aryl methyl sites for hydroxylation is 1. The van der Waals surface area contributed by atoms with E-state index in [0.717, 1.165) is 16.6 Å². The summed E-state index contributed by atoms with van der Waals surface area (Å²) in [7, 11) is 0. The third kappa shape index (κ3) is 3.17. The van der Waals surface area contributed by atoms with Gasteiger partial charge in [0, 0.05) is 11.4 Å². The molecule has 0 bridgehead atoms. The number of anilines is 1. The molecule has 0 unspecified atom stereocenters. The van der Waals surface area contributed by atoms with E-state index in [9.17, 15) is 4.79 Å². The Kier molecular flexibility index (Phi) is 4.00. The minimum Gasteiger partial charge on any atom is -0.302 e. The zero-order chi connectivity index (χ0) is 13.9. The monoisotopic (exact) mass is 322 g/mol. The van der Waals surface area contributed by atoms with Crippen molar-refractivity contribution >= 4 is 55.5 Å². The van der Waals surface area contributed by atoms with Crippen LogP contribution in [-0.4, -0.2) is 10.9 Å². The Labute approximate surface area is 129 Å². The largest absolute Gasteiger partial charge is 0.302 e. The highest BCUT2D eigenvalue weighted by atomic mass is 35.5. The SMILES string of the molecule is O=C(CCc1ccsc1)Nc1nc2ccc(Cl)cc2s1. The van der Waals surface area contributed by atoms with Crippen molar-refractivity contribution < 1.29 is 4.79 Å². The molecule has 0 saturated heterocycles. The van der Waals surface area contributed by atoms with Crippen molar-refractivity contribution in [2.75, 3.05) is 5.32 Å². The van der Waals surface area contributed by atoms with Gasteiger partial charge in [0.25, 0.3) is 0 Å². The Morgan fingerprint density at radius 3 is 3.05 bits per heavy atom. The lowest BCUT2D eigenvalue weighted by atomic mass is 10.2. The van der Waals surface area contributed by atoms with Gasteiger partial charge in [0.15, 0.2) is 5.13 Å². The number of fused-ring (bicyclic) bond motifs is 1. The van der Waals surface area contributed by atoms with E-state index in [1.54, 1.807) is 17.4 Å².